The van der Waals surface area contributed by atoms with Gasteiger partial charge in [-0.25, -0.2) is 4.99 Å². The van der Waals surface area contributed by atoms with E-state index in [1.54, 1.807) is 11.3 Å². The highest BCUT2D eigenvalue weighted by Crippen LogP contribution is 2.22. The highest BCUT2D eigenvalue weighted by atomic mass is 79.9. The molecule has 0 bridgehead atoms. The summed E-state index contributed by atoms with van der Waals surface area (Å²) in [6.45, 7) is 6.37. The van der Waals surface area contributed by atoms with Crippen LogP contribution in [0.25, 0.3) is 0 Å². The van der Waals surface area contributed by atoms with Crippen LogP contribution in [0.3, 0.4) is 0 Å². The number of halogens is 1. The van der Waals surface area contributed by atoms with Crippen LogP contribution in [-0.4, -0.2) is 50.3 Å². The molecular weight excluding hydrogens is 340 g/mol. The Morgan fingerprint density at radius 3 is 2.95 bits per heavy atom. The van der Waals surface area contributed by atoms with Crippen molar-refractivity contribution in [3.63, 3.8) is 0 Å². The lowest BCUT2D eigenvalue weighted by atomic mass is 10.3. The molecule has 1 fully saturated rings. The minimum Gasteiger partial charge on any atom is -0.379 e. The third-order valence-corrected chi connectivity index (χ3v) is 4.70. The van der Waals surface area contributed by atoms with E-state index in [0.29, 0.717) is 12.5 Å². The van der Waals surface area contributed by atoms with Crippen molar-refractivity contribution in [2.45, 2.75) is 13.0 Å². The van der Waals surface area contributed by atoms with Crippen LogP contribution >= 0.6 is 27.3 Å². The maximum atomic E-state index is 5.85. The maximum absolute atomic E-state index is 5.85. The molecule has 0 aromatic carbocycles. The van der Waals surface area contributed by atoms with Crippen LogP contribution in [0.5, 0.6) is 0 Å². The number of ether oxygens (including phenoxy) is 1. The number of nitrogens with one attached hydrogen (secondary N) is 1. The quantitative estimate of drug-likeness (QED) is 0.459. The lowest BCUT2D eigenvalue weighted by molar-refractivity contribution is 0.0376. The van der Waals surface area contributed by atoms with E-state index in [9.17, 15) is 0 Å². The Labute approximate surface area is 132 Å². The minimum absolute atomic E-state index is 0.525. The molecule has 112 valence electrons. The van der Waals surface area contributed by atoms with Crippen molar-refractivity contribution in [3.05, 3.63) is 20.8 Å². The van der Waals surface area contributed by atoms with E-state index in [1.165, 1.54) is 4.88 Å². The van der Waals surface area contributed by atoms with E-state index in [4.69, 9.17) is 10.5 Å². The van der Waals surface area contributed by atoms with Gasteiger partial charge in [0.2, 0.25) is 0 Å². The number of thiophene rings is 1. The molecule has 1 aromatic heterocycles. The van der Waals surface area contributed by atoms with Crippen molar-refractivity contribution in [2.24, 2.45) is 10.7 Å². The maximum Gasteiger partial charge on any atom is 0.188 e. The van der Waals surface area contributed by atoms with Gasteiger partial charge in [-0.2, -0.15) is 0 Å². The second kappa shape index (κ2) is 8.61. The second-order valence-electron chi connectivity index (χ2n) is 4.64. The van der Waals surface area contributed by atoms with Gasteiger partial charge in [0.25, 0.3) is 0 Å². The van der Waals surface area contributed by atoms with Gasteiger partial charge in [-0.15, -0.1) is 11.3 Å². The zero-order valence-corrected chi connectivity index (χ0v) is 13.9. The molecule has 0 saturated carbocycles. The van der Waals surface area contributed by atoms with E-state index >= 15 is 0 Å². The standard InChI is InChI=1S/C13H21BrN4OS/c14-12-3-2-11(20-12)10-17-13(15)16-4-1-5-18-6-8-19-9-7-18/h2-3H,1,4-10H2,(H3,15,16,17). The topological polar surface area (TPSA) is 62.9 Å². The molecular formula is C13H21BrN4OS. The number of hydrogen-bond donors (Lipinski definition) is 2. The highest BCUT2D eigenvalue weighted by molar-refractivity contribution is 9.11. The van der Waals surface area contributed by atoms with Crippen molar-refractivity contribution >= 4 is 33.2 Å². The Morgan fingerprint density at radius 1 is 1.45 bits per heavy atom. The Bertz CT molecular complexity index is 432. The Morgan fingerprint density at radius 2 is 2.25 bits per heavy atom. The summed E-state index contributed by atoms with van der Waals surface area (Å²) in [7, 11) is 0. The molecule has 0 radical (unpaired) electrons. The fourth-order valence-electron chi connectivity index (χ4n) is 2.00. The van der Waals surface area contributed by atoms with Gasteiger partial charge < -0.3 is 15.8 Å². The van der Waals surface area contributed by atoms with Gasteiger partial charge in [0.15, 0.2) is 5.96 Å². The Kier molecular flexibility index (Phi) is 6.78. The van der Waals surface area contributed by atoms with Crippen molar-refractivity contribution in [1.29, 1.82) is 0 Å². The zero-order valence-electron chi connectivity index (χ0n) is 11.5. The minimum atomic E-state index is 0.525. The summed E-state index contributed by atoms with van der Waals surface area (Å²) in [5.41, 5.74) is 5.85. The molecule has 0 atom stereocenters. The molecule has 2 rings (SSSR count). The molecule has 3 N–H and O–H groups in total. The van der Waals surface area contributed by atoms with Gasteiger partial charge in [0.05, 0.1) is 23.5 Å². The Hall–Kier alpha value is -0.630. The highest BCUT2D eigenvalue weighted by Gasteiger charge is 2.08. The molecule has 1 saturated heterocycles. The largest absolute Gasteiger partial charge is 0.379 e. The third kappa shape index (κ3) is 5.78. The normalized spacial score (nSPS) is 17.4. The molecule has 0 unspecified atom stereocenters. The van der Waals surface area contributed by atoms with Gasteiger partial charge in [-0.1, -0.05) is 0 Å². The first-order valence-electron chi connectivity index (χ1n) is 6.82. The summed E-state index contributed by atoms with van der Waals surface area (Å²) >= 11 is 5.12. The van der Waals surface area contributed by atoms with Gasteiger partial charge >= 0.3 is 0 Å². The fraction of sp³-hybridized carbons (Fsp3) is 0.615. The van der Waals surface area contributed by atoms with Gasteiger partial charge in [0.1, 0.15) is 0 Å². The van der Waals surface area contributed by atoms with E-state index in [2.05, 4.69) is 37.2 Å². The fourth-order valence-corrected chi connectivity index (χ4v) is 3.41. The molecule has 1 aliphatic rings. The first-order chi connectivity index (χ1) is 9.74. The van der Waals surface area contributed by atoms with E-state index < -0.39 is 0 Å². The average Bonchev–Trinajstić information content (AvgIpc) is 2.88. The summed E-state index contributed by atoms with van der Waals surface area (Å²) in [5.74, 6) is 0.525. The van der Waals surface area contributed by atoms with E-state index in [0.717, 1.165) is 49.6 Å². The number of aliphatic imine (C=N–C) groups is 1. The molecule has 2 heterocycles. The van der Waals surface area contributed by atoms with Crippen molar-refractivity contribution < 1.29 is 4.74 Å². The summed E-state index contributed by atoms with van der Waals surface area (Å²) in [6, 6.07) is 4.09. The van der Waals surface area contributed by atoms with Crippen LogP contribution < -0.4 is 11.1 Å². The molecule has 1 aromatic rings. The van der Waals surface area contributed by atoms with Crippen LogP contribution in [0, 0.1) is 0 Å². The average molecular weight is 361 g/mol. The smallest absolute Gasteiger partial charge is 0.188 e. The third-order valence-electron chi connectivity index (χ3n) is 3.10. The number of guanidine groups is 1. The number of hydrogen-bond acceptors (Lipinski definition) is 4. The number of rotatable bonds is 6. The molecule has 7 heteroatoms. The molecule has 0 spiro atoms. The molecule has 20 heavy (non-hydrogen) atoms. The molecule has 5 nitrogen and oxygen atoms in total. The van der Waals surface area contributed by atoms with Gasteiger partial charge in [0, 0.05) is 24.5 Å². The van der Waals surface area contributed by atoms with Crippen molar-refractivity contribution in [2.75, 3.05) is 39.4 Å². The Balaban J connectivity index is 1.58. The number of nitrogens with zero attached hydrogens (tertiary/aromatic N) is 2. The second-order valence-corrected chi connectivity index (χ2v) is 7.19. The summed E-state index contributed by atoms with van der Waals surface area (Å²) < 4.78 is 6.45. The van der Waals surface area contributed by atoms with Gasteiger partial charge in [-0.05, 0) is 41.0 Å². The lowest BCUT2D eigenvalue weighted by Crippen LogP contribution is -2.39. The van der Waals surface area contributed by atoms with Crippen LogP contribution in [0.2, 0.25) is 0 Å². The summed E-state index contributed by atoms with van der Waals surface area (Å²) in [4.78, 5) is 7.95. The van der Waals surface area contributed by atoms with Crippen molar-refractivity contribution in [3.8, 4) is 0 Å². The van der Waals surface area contributed by atoms with E-state index in [-0.39, 0.29) is 0 Å². The van der Waals surface area contributed by atoms with Crippen LogP contribution in [0.15, 0.2) is 20.9 Å². The first kappa shape index (κ1) is 15.8. The monoisotopic (exact) mass is 360 g/mol. The molecule has 1 aliphatic heterocycles. The summed E-state index contributed by atoms with van der Waals surface area (Å²) in [5, 5.41) is 3.16. The predicted molar refractivity (Wildman–Crippen MR) is 87.2 cm³/mol. The van der Waals surface area contributed by atoms with E-state index in [1.807, 2.05) is 6.07 Å². The first-order valence-corrected chi connectivity index (χ1v) is 8.43. The number of nitrogens with two attached hydrogens (primary N) is 1. The zero-order chi connectivity index (χ0) is 14.2. The lowest BCUT2D eigenvalue weighted by Gasteiger charge is -2.26. The molecule has 0 amide bonds. The number of morpholine rings is 1. The van der Waals surface area contributed by atoms with Crippen LogP contribution in [-0.2, 0) is 11.3 Å². The molecule has 0 aliphatic carbocycles. The predicted octanol–water partition coefficient (Wildman–Crippen LogP) is 1.64. The van der Waals surface area contributed by atoms with Crippen LogP contribution in [0.4, 0.5) is 0 Å². The van der Waals surface area contributed by atoms with Crippen molar-refractivity contribution in [1.82, 2.24) is 10.2 Å². The SMILES string of the molecule is NC(=NCc1ccc(Br)s1)NCCCN1CCOCC1. The van der Waals surface area contributed by atoms with Gasteiger partial charge in [-0.3, -0.25) is 4.90 Å². The summed E-state index contributed by atoms with van der Waals surface area (Å²) in [6.07, 6.45) is 1.07. The van der Waals surface area contributed by atoms with Crippen LogP contribution in [0.1, 0.15) is 11.3 Å².